The molecule has 2 aromatic rings. The van der Waals surface area contributed by atoms with Crippen molar-refractivity contribution in [1.82, 2.24) is 4.98 Å². The molecule has 0 unspecified atom stereocenters. The van der Waals surface area contributed by atoms with E-state index in [1.807, 2.05) is 19.9 Å². The molecule has 0 amide bonds. The quantitative estimate of drug-likeness (QED) is 0.706. The lowest BCUT2D eigenvalue weighted by atomic mass is 10.1. The monoisotopic (exact) mass is 358 g/mol. The number of nitriles is 1. The van der Waals surface area contributed by atoms with Gasteiger partial charge in [-0.25, -0.2) is 9.78 Å². The van der Waals surface area contributed by atoms with Gasteiger partial charge in [0.25, 0.3) is 0 Å². The van der Waals surface area contributed by atoms with Gasteiger partial charge in [0.2, 0.25) is 0 Å². The van der Waals surface area contributed by atoms with E-state index in [4.69, 9.17) is 9.47 Å². The van der Waals surface area contributed by atoms with E-state index in [2.05, 4.69) is 24.9 Å². The summed E-state index contributed by atoms with van der Waals surface area (Å²) in [6.07, 6.45) is -0.181. The summed E-state index contributed by atoms with van der Waals surface area (Å²) in [5.41, 5.74) is 1.87. The first-order valence-electron chi connectivity index (χ1n) is 8.17. The largest absolute Gasteiger partial charge is 0.492 e. The Bertz CT molecular complexity index is 803. The van der Waals surface area contributed by atoms with Crippen molar-refractivity contribution >= 4 is 17.3 Å². The molecule has 1 aromatic carbocycles. The highest BCUT2D eigenvalue weighted by molar-refractivity contribution is 7.17. The Morgan fingerprint density at radius 1 is 1.32 bits per heavy atom. The highest BCUT2D eigenvalue weighted by Crippen LogP contribution is 2.31. The number of nitrogens with zero attached hydrogens (tertiary/aromatic N) is 2. The third-order valence-electron chi connectivity index (χ3n) is 3.24. The molecule has 0 aliphatic rings. The Labute approximate surface area is 152 Å². The molecule has 25 heavy (non-hydrogen) atoms. The molecule has 0 fully saturated rings. The highest BCUT2D eigenvalue weighted by Gasteiger charge is 2.19. The maximum Gasteiger partial charge on any atom is 0.350 e. The van der Waals surface area contributed by atoms with Crippen LogP contribution in [0.2, 0.25) is 0 Å². The van der Waals surface area contributed by atoms with Crippen LogP contribution in [0.4, 0.5) is 0 Å². The normalized spacial score (nSPS) is 10.8. The first-order valence-corrected chi connectivity index (χ1v) is 8.99. The van der Waals surface area contributed by atoms with Gasteiger partial charge >= 0.3 is 5.97 Å². The number of esters is 1. The minimum atomic E-state index is -0.367. The van der Waals surface area contributed by atoms with E-state index in [0.29, 0.717) is 39.4 Å². The van der Waals surface area contributed by atoms with Gasteiger partial charge in [0, 0.05) is 5.56 Å². The number of hydrogen-bond donors (Lipinski definition) is 0. The number of ether oxygens (including phenoxy) is 2. The molecule has 0 saturated carbocycles. The molecule has 0 aliphatic carbocycles. The average molecular weight is 358 g/mol. The number of hydrogen-bond acceptors (Lipinski definition) is 6. The maximum atomic E-state index is 12.1. The van der Waals surface area contributed by atoms with E-state index in [0.717, 1.165) is 5.56 Å². The first kappa shape index (κ1) is 18.9. The van der Waals surface area contributed by atoms with Crippen LogP contribution < -0.4 is 4.74 Å². The van der Waals surface area contributed by atoms with E-state index in [1.54, 1.807) is 19.1 Å². The minimum Gasteiger partial charge on any atom is -0.492 e. The molecular formula is C19H22N2O3S. The van der Waals surface area contributed by atoms with Crippen molar-refractivity contribution in [3.63, 3.8) is 0 Å². The molecule has 0 atom stereocenters. The number of benzene rings is 1. The van der Waals surface area contributed by atoms with Crippen LogP contribution in [-0.4, -0.2) is 23.7 Å². The van der Waals surface area contributed by atoms with Gasteiger partial charge in [0.1, 0.15) is 21.7 Å². The zero-order chi connectivity index (χ0) is 18.6. The fourth-order valence-corrected chi connectivity index (χ4v) is 3.06. The van der Waals surface area contributed by atoms with Crippen LogP contribution in [0, 0.1) is 24.2 Å². The zero-order valence-corrected chi connectivity index (χ0v) is 15.9. The van der Waals surface area contributed by atoms with Gasteiger partial charge in [-0.1, -0.05) is 13.8 Å². The van der Waals surface area contributed by atoms with Gasteiger partial charge in [-0.05, 0) is 44.9 Å². The third-order valence-corrected chi connectivity index (χ3v) is 4.43. The maximum absolute atomic E-state index is 12.1. The molecule has 0 saturated heterocycles. The molecular weight excluding hydrogens is 336 g/mol. The van der Waals surface area contributed by atoms with Crippen molar-refractivity contribution in [2.45, 2.75) is 40.7 Å². The lowest BCUT2D eigenvalue weighted by Crippen LogP contribution is -2.11. The fraction of sp³-hybridized carbons (Fsp3) is 0.421. The van der Waals surface area contributed by atoms with Gasteiger partial charge in [0.15, 0.2) is 0 Å². The van der Waals surface area contributed by atoms with Crippen molar-refractivity contribution in [1.29, 1.82) is 5.26 Å². The molecule has 0 N–H and O–H groups in total. The second-order valence-electron chi connectivity index (χ2n) is 6.42. The lowest BCUT2D eigenvalue weighted by Gasteiger charge is -2.10. The summed E-state index contributed by atoms with van der Waals surface area (Å²) < 4.78 is 10.9. The van der Waals surface area contributed by atoms with Crippen LogP contribution in [0.15, 0.2) is 18.2 Å². The van der Waals surface area contributed by atoms with Gasteiger partial charge in [-0.3, -0.25) is 0 Å². The molecule has 2 rings (SSSR count). The van der Waals surface area contributed by atoms with E-state index in [1.165, 1.54) is 11.3 Å². The fourth-order valence-electron chi connectivity index (χ4n) is 2.11. The van der Waals surface area contributed by atoms with Crippen molar-refractivity contribution in [3.8, 4) is 22.4 Å². The molecule has 1 aromatic heterocycles. The molecule has 0 spiro atoms. The highest BCUT2D eigenvalue weighted by atomic mass is 32.1. The Morgan fingerprint density at radius 3 is 2.64 bits per heavy atom. The van der Waals surface area contributed by atoms with Crippen LogP contribution in [0.3, 0.4) is 0 Å². The summed E-state index contributed by atoms with van der Waals surface area (Å²) in [5.74, 6) is 0.573. The smallest absolute Gasteiger partial charge is 0.350 e. The standard InChI is InChI=1S/C19H22N2O3S/c1-11(2)10-23-16-7-6-14(8-15(16)9-20)18-21-13(5)17(25-18)19(22)24-12(3)4/h6-8,11-12H,10H2,1-5H3. The van der Waals surface area contributed by atoms with Gasteiger partial charge in [-0.15, -0.1) is 11.3 Å². The van der Waals surface area contributed by atoms with E-state index >= 15 is 0 Å². The summed E-state index contributed by atoms with van der Waals surface area (Å²) in [6, 6.07) is 7.53. The van der Waals surface area contributed by atoms with Gasteiger partial charge in [0.05, 0.1) is 24.0 Å². The number of thiazole rings is 1. The van der Waals surface area contributed by atoms with Crippen LogP contribution in [0.25, 0.3) is 10.6 Å². The van der Waals surface area contributed by atoms with Crippen molar-refractivity contribution < 1.29 is 14.3 Å². The van der Waals surface area contributed by atoms with Gasteiger partial charge in [-0.2, -0.15) is 5.26 Å². The molecule has 1 heterocycles. The SMILES string of the molecule is Cc1nc(-c2ccc(OCC(C)C)c(C#N)c2)sc1C(=O)OC(C)C. The first-order chi connectivity index (χ1) is 11.8. The summed E-state index contributed by atoms with van der Waals surface area (Å²) in [4.78, 5) is 17.1. The van der Waals surface area contributed by atoms with E-state index in [9.17, 15) is 10.1 Å². The van der Waals surface area contributed by atoms with Crippen LogP contribution in [-0.2, 0) is 4.74 Å². The Kier molecular flexibility index (Phi) is 6.16. The van der Waals surface area contributed by atoms with E-state index in [-0.39, 0.29) is 12.1 Å². The number of aryl methyl sites for hydroxylation is 1. The molecule has 0 radical (unpaired) electrons. The number of carbonyl (C=O) groups is 1. The summed E-state index contributed by atoms with van der Waals surface area (Å²) >= 11 is 1.27. The Morgan fingerprint density at radius 2 is 2.04 bits per heavy atom. The molecule has 132 valence electrons. The molecule has 5 nitrogen and oxygen atoms in total. The Hall–Kier alpha value is -2.39. The van der Waals surface area contributed by atoms with Crippen molar-refractivity contribution in [3.05, 3.63) is 34.3 Å². The lowest BCUT2D eigenvalue weighted by molar-refractivity contribution is 0.0382. The summed E-state index contributed by atoms with van der Waals surface area (Å²) in [5, 5.41) is 10.1. The van der Waals surface area contributed by atoms with Crippen LogP contribution in [0.5, 0.6) is 5.75 Å². The zero-order valence-electron chi connectivity index (χ0n) is 15.1. The van der Waals surface area contributed by atoms with Crippen LogP contribution >= 0.6 is 11.3 Å². The molecule has 0 bridgehead atoms. The topological polar surface area (TPSA) is 72.2 Å². The summed E-state index contributed by atoms with van der Waals surface area (Å²) in [7, 11) is 0. The van der Waals surface area contributed by atoms with Gasteiger partial charge < -0.3 is 9.47 Å². The van der Waals surface area contributed by atoms with Crippen molar-refractivity contribution in [2.24, 2.45) is 5.92 Å². The molecule has 0 aliphatic heterocycles. The number of rotatable bonds is 6. The third kappa shape index (κ3) is 4.80. The number of carbonyl (C=O) groups excluding carboxylic acids is 1. The average Bonchev–Trinajstić information content (AvgIpc) is 2.94. The number of aromatic nitrogens is 1. The second-order valence-corrected chi connectivity index (χ2v) is 7.41. The minimum absolute atomic E-state index is 0.181. The predicted molar refractivity (Wildman–Crippen MR) is 97.9 cm³/mol. The molecule has 6 heteroatoms. The van der Waals surface area contributed by atoms with Crippen molar-refractivity contribution in [2.75, 3.05) is 6.61 Å². The van der Waals surface area contributed by atoms with E-state index < -0.39 is 0 Å². The summed E-state index contributed by atoms with van der Waals surface area (Å²) in [6.45, 7) is 10.1. The second kappa shape index (κ2) is 8.13. The van der Waals surface area contributed by atoms with Crippen LogP contribution in [0.1, 0.15) is 48.6 Å². The Balaban J connectivity index is 2.30. The predicted octanol–water partition coefficient (Wildman–Crippen LogP) is 4.59.